The molecular formula is C11H19N3O2S. The number of hydrogen-bond acceptors (Lipinski definition) is 4. The van der Waals surface area contributed by atoms with Crippen LogP contribution in [0.3, 0.4) is 0 Å². The maximum atomic E-state index is 10.5. The number of carboxylic acids is 1. The summed E-state index contributed by atoms with van der Waals surface area (Å²) in [6.45, 7) is 3.12. The summed E-state index contributed by atoms with van der Waals surface area (Å²) in [4.78, 5) is 16.8. The van der Waals surface area contributed by atoms with Gasteiger partial charge in [0.1, 0.15) is 0 Å². The number of imidazole rings is 1. The number of aromatic nitrogens is 2. The standard InChI is InChI=1S/C11H19N3O2S/c1-9(4-6-13(2)3)14-7-5-12-11(14)17-8-10(15)16/h5,7,9H,4,6,8H2,1-3H3,(H,15,16). The van der Waals surface area contributed by atoms with E-state index in [9.17, 15) is 4.79 Å². The van der Waals surface area contributed by atoms with Crippen molar-refractivity contribution in [1.29, 1.82) is 0 Å². The maximum absolute atomic E-state index is 10.5. The van der Waals surface area contributed by atoms with Crippen molar-refractivity contribution in [1.82, 2.24) is 14.5 Å². The van der Waals surface area contributed by atoms with Crippen molar-refractivity contribution >= 4 is 17.7 Å². The van der Waals surface area contributed by atoms with Crippen molar-refractivity contribution in [2.24, 2.45) is 0 Å². The summed E-state index contributed by atoms with van der Waals surface area (Å²) in [5, 5.41) is 9.43. The van der Waals surface area contributed by atoms with Gasteiger partial charge in [-0.15, -0.1) is 0 Å². The number of thioether (sulfide) groups is 1. The number of carboxylic acid groups (broad SMARTS) is 1. The van der Waals surface area contributed by atoms with E-state index >= 15 is 0 Å². The van der Waals surface area contributed by atoms with E-state index in [1.807, 2.05) is 24.9 Å². The van der Waals surface area contributed by atoms with Crippen molar-refractivity contribution in [3.8, 4) is 0 Å². The van der Waals surface area contributed by atoms with Crippen LogP contribution in [0.1, 0.15) is 19.4 Å². The molecule has 0 aliphatic heterocycles. The van der Waals surface area contributed by atoms with Gasteiger partial charge in [-0.25, -0.2) is 4.98 Å². The number of hydrogen-bond donors (Lipinski definition) is 1. The van der Waals surface area contributed by atoms with Crippen LogP contribution in [0, 0.1) is 0 Å². The van der Waals surface area contributed by atoms with Crippen LogP contribution in [0.25, 0.3) is 0 Å². The van der Waals surface area contributed by atoms with E-state index in [1.165, 1.54) is 11.8 Å². The molecule has 6 heteroatoms. The highest BCUT2D eigenvalue weighted by Crippen LogP contribution is 2.21. The zero-order valence-electron chi connectivity index (χ0n) is 10.5. The van der Waals surface area contributed by atoms with E-state index in [-0.39, 0.29) is 5.75 Å². The van der Waals surface area contributed by atoms with Gasteiger partial charge in [-0.05, 0) is 34.0 Å². The third-order valence-electron chi connectivity index (χ3n) is 2.43. The SMILES string of the molecule is CC(CCN(C)C)n1ccnc1SCC(=O)O. The van der Waals surface area contributed by atoms with Crippen LogP contribution < -0.4 is 0 Å². The molecule has 0 saturated heterocycles. The van der Waals surface area contributed by atoms with E-state index in [1.54, 1.807) is 6.20 Å². The van der Waals surface area contributed by atoms with Crippen LogP contribution >= 0.6 is 11.8 Å². The largest absolute Gasteiger partial charge is 0.481 e. The summed E-state index contributed by atoms with van der Waals surface area (Å²) in [5.41, 5.74) is 0. The van der Waals surface area contributed by atoms with Gasteiger partial charge in [0.25, 0.3) is 0 Å². The Balaban J connectivity index is 2.57. The lowest BCUT2D eigenvalue weighted by Crippen LogP contribution is -2.17. The lowest BCUT2D eigenvalue weighted by Gasteiger charge is -2.18. The van der Waals surface area contributed by atoms with E-state index in [4.69, 9.17) is 5.11 Å². The highest BCUT2D eigenvalue weighted by molar-refractivity contribution is 7.99. The number of carbonyl (C=O) groups is 1. The Hall–Kier alpha value is -1.01. The van der Waals surface area contributed by atoms with Crippen LogP contribution in [-0.2, 0) is 4.79 Å². The molecule has 0 amide bonds. The van der Waals surface area contributed by atoms with Crippen molar-refractivity contribution < 1.29 is 9.90 Å². The fourth-order valence-corrected chi connectivity index (χ4v) is 2.23. The van der Waals surface area contributed by atoms with Crippen molar-refractivity contribution in [2.45, 2.75) is 24.5 Å². The molecule has 0 aliphatic rings. The Morgan fingerprint density at radius 2 is 2.35 bits per heavy atom. The molecule has 0 aliphatic carbocycles. The van der Waals surface area contributed by atoms with Crippen molar-refractivity contribution in [2.75, 3.05) is 26.4 Å². The topological polar surface area (TPSA) is 58.4 Å². The molecular weight excluding hydrogens is 238 g/mol. The molecule has 1 heterocycles. The van der Waals surface area contributed by atoms with E-state index < -0.39 is 5.97 Å². The fraction of sp³-hybridized carbons (Fsp3) is 0.636. The normalized spacial score (nSPS) is 12.9. The van der Waals surface area contributed by atoms with Gasteiger partial charge in [0.15, 0.2) is 5.16 Å². The molecule has 1 rings (SSSR count). The van der Waals surface area contributed by atoms with Crippen LogP contribution in [0.4, 0.5) is 0 Å². The minimum absolute atomic E-state index is 0.0530. The van der Waals surface area contributed by atoms with Crippen LogP contribution in [-0.4, -0.2) is 51.9 Å². The van der Waals surface area contributed by atoms with Crippen LogP contribution in [0.2, 0.25) is 0 Å². The van der Waals surface area contributed by atoms with Crippen LogP contribution in [0.5, 0.6) is 0 Å². The maximum Gasteiger partial charge on any atom is 0.313 e. The molecule has 96 valence electrons. The zero-order chi connectivity index (χ0) is 12.8. The minimum Gasteiger partial charge on any atom is -0.481 e. The fourth-order valence-electron chi connectivity index (χ4n) is 1.46. The predicted octanol–water partition coefficient (Wildman–Crippen LogP) is 1.57. The predicted molar refractivity (Wildman–Crippen MR) is 68.5 cm³/mol. The summed E-state index contributed by atoms with van der Waals surface area (Å²) in [6.07, 6.45) is 4.64. The highest BCUT2D eigenvalue weighted by Gasteiger charge is 2.11. The smallest absolute Gasteiger partial charge is 0.313 e. The molecule has 0 radical (unpaired) electrons. The lowest BCUT2D eigenvalue weighted by atomic mass is 10.2. The third-order valence-corrected chi connectivity index (χ3v) is 3.39. The summed E-state index contributed by atoms with van der Waals surface area (Å²) in [7, 11) is 4.08. The first-order chi connectivity index (χ1) is 8.00. The quantitative estimate of drug-likeness (QED) is 0.751. The second-order valence-electron chi connectivity index (χ2n) is 4.24. The molecule has 0 spiro atoms. The van der Waals surface area contributed by atoms with Gasteiger partial charge in [-0.2, -0.15) is 0 Å². The first kappa shape index (κ1) is 14.1. The van der Waals surface area contributed by atoms with Gasteiger partial charge in [-0.3, -0.25) is 4.79 Å². The third kappa shape index (κ3) is 4.79. The zero-order valence-corrected chi connectivity index (χ0v) is 11.3. The second-order valence-corrected chi connectivity index (χ2v) is 5.18. The molecule has 0 bridgehead atoms. The summed E-state index contributed by atoms with van der Waals surface area (Å²) in [6, 6.07) is 0.330. The average Bonchev–Trinajstić information content (AvgIpc) is 2.71. The first-order valence-electron chi connectivity index (χ1n) is 5.53. The summed E-state index contributed by atoms with van der Waals surface area (Å²) < 4.78 is 2.04. The molecule has 1 N–H and O–H groups in total. The number of rotatable bonds is 7. The lowest BCUT2D eigenvalue weighted by molar-refractivity contribution is -0.133. The van der Waals surface area contributed by atoms with E-state index in [0.29, 0.717) is 6.04 Å². The van der Waals surface area contributed by atoms with Crippen LogP contribution in [0.15, 0.2) is 17.6 Å². The summed E-state index contributed by atoms with van der Waals surface area (Å²) in [5.74, 6) is -0.761. The monoisotopic (exact) mass is 257 g/mol. The van der Waals surface area contributed by atoms with E-state index in [2.05, 4.69) is 16.8 Å². The van der Waals surface area contributed by atoms with Gasteiger partial charge in [-0.1, -0.05) is 11.8 Å². The molecule has 1 unspecified atom stereocenters. The molecule has 1 aromatic heterocycles. The Morgan fingerprint density at radius 3 is 2.94 bits per heavy atom. The number of nitrogens with zero attached hydrogens (tertiary/aromatic N) is 3. The molecule has 17 heavy (non-hydrogen) atoms. The second kappa shape index (κ2) is 6.66. The van der Waals surface area contributed by atoms with Gasteiger partial charge >= 0.3 is 5.97 Å². The molecule has 0 aromatic carbocycles. The van der Waals surface area contributed by atoms with Gasteiger partial charge in [0.2, 0.25) is 0 Å². The van der Waals surface area contributed by atoms with E-state index in [0.717, 1.165) is 18.1 Å². The first-order valence-corrected chi connectivity index (χ1v) is 6.51. The van der Waals surface area contributed by atoms with Crippen molar-refractivity contribution in [3.63, 3.8) is 0 Å². The molecule has 1 atom stereocenters. The Kier molecular flexibility index (Phi) is 5.50. The summed E-state index contributed by atoms with van der Waals surface area (Å²) >= 11 is 1.26. The molecule has 0 saturated carbocycles. The Morgan fingerprint density at radius 1 is 1.65 bits per heavy atom. The van der Waals surface area contributed by atoms with Gasteiger partial charge < -0.3 is 14.6 Å². The van der Waals surface area contributed by atoms with Crippen molar-refractivity contribution in [3.05, 3.63) is 12.4 Å². The number of aliphatic carboxylic acids is 1. The Labute approximate surface area is 106 Å². The molecule has 5 nitrogen and oxygen atoms in total. The minimum atomic E-state index is -0.814. The molecule has 0 fully saturated rings. The van der Waals surface area contributed by atoms with Gasteiger partial charge in [0.05, 0.1) is 5.75 Å². The highest BCUT2D eigenvalue weighted by atomic mass is 32.2. The molecule has 1 aromatic rings. The Bertz CT molecular complexity index is 365. The average molecular weight is 257 g/mol. The van der Waals surface area contributed by atoms with Gasteiger partial charge in [0, 0.05) is 18.4 Å².